The molecule has 1 aliphatic carbocycles. The molecular weight excluding hydrogens is 268 g/mol. The second kappa shape index (κ2) is 7.46. The van der Waals surface area contributed by atoms with Crippen LogP contribution in [-0.2, 0) is 0 Å². The van der Waals surface area contributed by atoms with Crippen molar-refractivity contribution in [3.63, 3.8) is 0 Å². The molecule has 22 heavy (non-hydrogen) atoms. The lowest BCUT2D eigenvalue weighted by Crippen LogP contribution is -2.12. The normalized spacial score (nSPS) is 22.1. The molecule has 0 saturated heterocycles. The van der Waals surface area contributed by atoms with Crippen LogP contribution in [0.5, 0.6) is 0 Å². The van der Waals surface area contributed by atoms with Crippen molar-refractivity contribution in [2.24, 2.45) is 11.7 Å². The van der Waals surface area contributed by atoms with E-state index in [2.05, 4.69) is 75.3 Å². The van der Waals surface area contributed by atoms with Gasteiger partial charge in [0.1, 0.15) is 0 Å². The van der Waals surface area contributed by atoms with Gasteiger partial charge in [-0.15, -0.1) is 0 Å². The van der Waals surface area contributed by atoms with Gasteiger partial charge in [-0.25, -0.2) is 0 Å². The maximum Gasteiger partial charge on any atom is 0.0257 e. The molecule has 0 amide bonds. The van der Waals surface area contributed by atoms with Gasteiger partial charge in [-0.2, -0.15) is 0 Å². The van der Waals surface area contributed by atoms with Crippen molar-refractivity contribution < 1.29 is 0 Å². The zero-order chi connectivity index (χ0) is 16.1. The number of hydrogen-bond donors (Lipinski definition) is 1. The van der Waals surface area contributed by atoms with E-state index in [1.165, 1.54) is 28.1 Å². The van der Waals surface area contributed by atoms with Gasteiger partial charge in [0.15, 0.2) is 0 Å². The van der Waals surface area contributed by atoms with Gasteiger partial charge in [0.05, 0.1) is 0 Å². The van der Waals surface area contributed by atoms with Crippen molar-refractivity contribution in [3.05, 3.63) is 70.8 Å². The average Bonchev–Trinajstić information content (AvgIpc) is 3.25. The topological polar surface area (TPSA) is 29.3 Å². The summed E-state index contributed by atoms with van der Waals surface area (Å²) in [7, 11) is 0. The number of rotatable bonds is 6. The molecule has 118 valence electrons. The summed E-state index contributed by atoms with van der Waals surface area (Å²) in [5.41, 5.74) is 12.3. The summed E-state index contributed by atoms with van der Waals surface area (Å²) in [6.45, 7) is 9.37. The first-order valence-electron chi connectivity index (χ1n) is 8.30. The molecule has 2 N–H and O–H groups in total. The van der Waals surface area contributed by atoms with E-state index < -0.39 is 0 Å². The van der Waals surface area contributed by atoms with Crippen molar-refractivity contribution in [1.29, 1.82) is 0 Å². The van der Waals surface area contributed by atoms with Gasteiger partial charge in [0.2, 0.25) is 0 Å². The van der Waals surface area contributed by atoms with E-state index in [0.29, 0.717) is 12.5 Å². The Labute approximate surface area is 135 Å². The monoisotopic (exact) mass is 296 g/mol. The molecule has 1 heterocycles. The lowest BCUT2D eigenvalue weighted by atomic mass is 10.0. The first kappa shape index (κ1) is 16.6. The lowest BCUT2D eigenvalue weighted by Gasteiger charge is -2.21. The largest absolute Gasteiger partial charge is 0.327 e. The first-order chi connectivity index (χ1) is 10.6. The smallest absolute Gasteiger partial charge is 0.0257 e. The van der Waals surface area contributed by atoms with Crippen LogP contribution in [-0.4, -0.2) is 11.4 Å². The predicted octanol–water partition coefficient (Wildman–Crippen LogP) is 4.81. The maximum absolute atomic E-state index is 5.76. The zero-order valence-corrected chi connectivity index (χ0v) is 14.3. The van der Waals surface area contributed by atoms with Crippen LogP contribution in [0, 0.1) is 5.92 Å². The molecule has 1 unspecified atom stereocenters. The van der Waals surface area contributed by atoms with Gasteiger partial charge in [-0.1, -0.05) is 57.2 Å². The van der Waals surface area contributed by atoms with Gasteiger partial charge in [-0.3, -0.25) is 0 Å². The van der Waals surface area contributed by atoms with Gasteiger partial charge >= 0.3 is 0 Å². The highest BCUT2D eigenvalue weighted by Crippen LogP contribution is 2.38. The predicted molar refractivity (Wildman–Crippen MR) is 95.9 cm³/mol. The molecule has 2 heteroatoms. The molecule has 2 rings (SSSR count). The van der Waals surface area contributed by atoms with Crippen molar-refractivity contribution in [3.8, 4) is 0 Å². The van der Waals surface area contributed by atoms with Crippen LogP contribution in [0.4, 0.5) is 0 Å². The number of hydrogen-bond acceptors (Lipinski definition) is 2. The van der Waals surface area contributed by atoms with E-state index in [0.717, 1.165) is 12.8 Å². The fraction of sp³-hybridized carbons (Fsp3) is 0.400. The molecule has 0 radical (unpaired) electrons. The third-order valence-corrected chi connectivity index (χ3v) is 4.20. The molecule has 2 nitrogen and oxygen atoms in total. The summed E-state index contributed by atoms with van der Waals surface area (Å²) >= 11 is 0. The molecule has 0 aromatic carbocycles. The summed E-state index contributed by atoms with van der Waals surface area (Å²) in [6.07, 6.45) is 17.6. The molecule has 0 spiro atoms. The lowest BCUT2D eigenvalue weighted by molar-refractivity contribution is 0.563. The Bertz CT molecular complexity index is 597. The highest BCUT2D eigenvalue weighted by molar-refractivity contribution is 5.52. The molecule has 0 aromatic rings. The zero-order valence-electron chi connectivity index (χ0n) is 14.3. The second-order valence-electron chi connectivity index (χ2n) is 5.84. The highest BCUT2D eigenvalue weighted by atomic mass is 15.2. The quantitative estimate of drug-likeness (QED) is 0.713. The minimum Gasteiger partial charge on any atom is -0.327 e. The fourth-order valence-electron chi connectivity index (χ4n) is 2.72. The van der Waals surface area contributed by atoms with Crippen molar-refractivity contribution >= 4 is 0 Å². The fourth-order valence-corrected chi connectivity index (χ4v) is 2.72. The third kappa shape index (κ3) is 3.69. The Balaban J connectivity index is 2.41. The van der Waals surface area contributed by atoms with Crippen LogP contribution >= 0.6 is 0 Å². The van der Waals surface area contributed by atoms with Crippen LogP contribution < -0.4 is 5.73 Å². The van der Waals surface area contributed by atoms with Crippen LogP contribution in [0.1, 0.15) is 40.5 Å². The van der Waals surface area contributed by atoms with E-state index in [1.807, 2.05) is 0 Å². The standard InChI is InChI=1S/C20H28N2/c1-5-7-8-18(11-12-21)19-10-9-17(6-2)16(4)22(14-19)20-13-15(20)3/h7-11,13-15H,5-6,12,21H2,1-4H3/b8-7-,18-11+. The maximum atomic E-state index is 5.76. The average molecular weight is 296 g/mol. The van der Waals surface area contributed by atoms with E-state index in [-0.39, 0.29) is 0 Å². The van der Waals surface area contributed by atoms with Gasteiger partial charge in [-0.05, 0) is 36.5 Å². The van der Waals surface area contributed by atoms with Gasteiger partial charge in [0.25, 0.3) is 0 Å². The third-order valence-electron chi connectivity index (χ3n) is 4.20. The summed E-state index contributed by atoms with van der Waals surface area (Å²) < 4.78 is 0. The van der Waals surface area contributed by atoms with Gasteiger partial charge in [0, 0.05) is 30.1 Å². The van der Waals surface area contributed by atoms with E-state index in [4.69, 9.17) is 5.73 Å². The van der Waals surface area contributed by atoms with Crippen LogP contribution in [0.2, 0.25) is 0 Å². The number of nitrogens with two attached hydrogens (primary N) is 1. The summed E-state index contributed by atoms with van der Waals surface area (Å²) in [5, 5.41) is 0. The minimum absolute atomic E-state index is 0.556. The molecule has 0 fully saturated rings. The van der Waals surface area contributed by atoms with E-state index >= 15 is 0 Å². The second-order valence-corrected chi connectivity index (χ2v) is 5.84. The molecule has 1 aliphatic heterocycles. The SMILES string of the molecule is CC/C=C\C(=C/CN)C1=CN(C2=CC2C)C(C)=C(CC)C=C1. The number of allylic oxidation sites excluding steroid dienone is 10. The van der Waals surface area contributed by atoms with Crippen LogP contribution in [0.3, 0.4) is 0 Å². The Morgan fingerprint density at radius 2 is 2.05 bits per heavy atom. The van der Waals surface area contributed by atoms with E-state index in [1.54, 1.807) is 0 Å². The van der Waals surface area contributed by atoms with Gasteiger partial charge < -0.3 is 10.6 Å². The van der Waals surface area contributed by atoms with Crippen molar-refractivity contribution in [2.75, 3.05) is 6.54 Å². The minimum atomic E-state index is 0.556. The van der Waals surface area contributed by atoms with Crippen LogP contribution in [0.25, 0.3) is 0 Å². The Morgan fingerprint density at radius 3 is 2.59 bits per heavy atom. The first-order valence-corrected chi connectivity index (χ1v) is 8.30. The molecular formula is C20H28N2. The molecule has 1 atom stereocenters. The van der Waals surface area contributed by atoms with Crippen molar-refractivity contribution in [2.45, 2.75) is 40.5 Å². The van der Waals surface area contributed by atoms with Crippen LogP contribution in [0.15, 0.2) is 70.8 Å². The molecule has 2 aliphatic rings. The molecule has 0 saturated carbocycles. The summed E-state index contributed by atoms with van der Waals surface area (Å²) in [5.74, 6) is 0.580. The van der Waals surface area contributed by atoms with Crippen molar-refractivity contribution in [1.82, 2.24) is 4.90 Å². The highest BCUT2D eigenvalue weighted by Gasteiger charge is 2.27. The Kier molecular flexibility index (Phi) is 5.62. The molecule has 0 aromatic heterocycles. The van der Waals surface area contributed by atoms with E-state index in [9.17, 15) is 0 Å². The molecule has 0 bridgehead atoms. The number of nitrogens with zero attached hydrogens (tertiary/aromatic N) is 1. The Hall–Kier alpha value is -1.80. The summed E-state index contributed by atoms with van der Waals surface area (Å²) in [6, 6.07) is 0. The summed E-state index contributed by atoms with van der Waals surface area (Å²) in [4.78, 5) is 2.35. The Morgan fingerprint density at radius 1 is 1.32 bits per heavy atom.